The average molecular weight is 228 g/mol. The Balaban J connectivity index is 2.60. The maximum Gasteiger partial charge on any atom is 0.0700 e. The van der Waals surface area contributed by atoms with Crippen molar-refractivity contribution >= 4 is 0 Å². The second-order valence-corrected chi connectivity index (χ2v) is 5.11. The van der Waals surface area contributed by atoms with Crippen molar-refractivity contribution in [3.8, 4) is 0 Å². The highest BCUT2D eigenvalue weighted by Gasteiger charge is 2.36. The van der Waals surface area contributed by atoms with Crippen LogP contribution < -0.4 is 5.73 Å². The number of rotatable bonds is 5. The van der Waals surface area contributed by atoms with Gasteiger partial charge < -0.3 is 15.7 Å². The summed E-state index contributed by atoms with van der Waals surface area (Å²) >= 11 is 0. The number of nitrogens with zero attached hydrogens (tertiary/aromatic N) is 1. The van der Waals surface area contributed by atoms with Crippen molar-refractivity contribution in [2.75, 3.05) is 26.2 Å². The number of likely N-dealkylation sites (tertiary alicyclic amines) is 1. The van der Waals surface area contributed by atoms with Crippen LogP contribution in [0.15, 0.2) is 0 Å². The summed E-state index contributed by atoms with van der Waals surface area (Å²) in [5.41, 5.74) is 5.31. The molecule has 1 saturated heterocycles. The molecule has 1 rings (SSSR count). The van der Waals surface area contributed by atoms with Crippen LogP contribution in [0, 0.1) is 5.92 Å². The molecule has 0 aliphatic carbocycles. The molecular formula is C13H28N2O. The summed E-state index contributed by atoms with van der Waals surface area (Å²) in [6, 6.07) is 0. The van der Waals surface area contributed by atoms with Crippen LogP contribution >= 0.6 is 0 Å². The molecule has 1 aliphatic heterocycles. The second kappa shape index (κ2) is 6.58. The lowest BCUT2D eigenvalue weighted by atomic mass is 9.79. The Morgan fingerprint density at radius 2 is 2.06 bits per heavy atom. The minimum atomic E-state index is -0.505. The first kappa shape index (κ1) is 13.9. The molecule has 0 bridgehead atoms. The Hall–Kier alpha value is -0.120. The first-order chi connectivity index (χ1) is 7.66. The van der Waals surface area contributed by atoms with Crippen molar-refractivity contribution in [1.29, 1.82) is 0 Å². The smallest absolute Gasteiger partial charge is 0.0700 e. The van der Waals surface area contributed by atoms with Gasteiger partial charge in [0.25, 0.3) is 0 Å². The van der Waals surface area contributed by atoms with Gasteiger partial charge in [-0.05, 0) is 51.2 Å². The zero-order valence-electron chi connectivity index (χ0n) is 10.9. The Morgan fingerprint density at radius 1 is 1.31 bits per heavy atom. The van der Waals surface area contributed by atoms with Gasteiger partial charge in [-0.15, -0.1) is 0 Å². The molecule has 0 spiro atoms. The van der Waals surface area contributed by atoms with Crippen molar-refractivity contribution < 1.29 is 5.11 Å². The largest absolute Gasteiger partial charge is 0.390 e. The zero-order chi connectivity index (χ0) is 12.0. The van der Waals surface area contributed by atoms with E-state index in [1.807, 2.05) is 0 Å². The van der Waals surface area contributed by atoms with Crippen LogP contribution in [-0.2, 0) is 0 Å². The van der Waals surface area contributed by atoms with Crippen molar-refractivity contribution in [3.05, 3.63) is 0 Å². The zero-order valence-corrected chi connectivity index (χ0v) is 10.9. The first-order valence-electron chi connectivity index (χ1n) is 6.81. The fraction of sp³-hybridized carbons (Fsp3) is 1.00. The van der Waals surface area contributed by atoms with Crippen LogP contribution in [0.3, 0.4) is 0 Å². The van der Waals surface area contributed by atoms with Gasteiger partial charge in [-0.25, -0.2) is 0 Å². The standard InChI is InChI=1S/C13H28N2O/c1-3-6-12(11-14)13(16)7-5-9-15(4-2)10-8-13/h12,16H,3-11,14H2,1-2H3. The van der Waals surface area contributed by atoms with E-state index in [4.69, 9.17) is 5.73 Å². The van der Waals surface area contributed by atoms with E-state index in [0.717, 1.165) is 51.7 Å². The molecule has 3 heteroatoms. The molecular weight excluding hydrogens is 200 g/mol. The predicted octanol–water partition coefficient (Wildman–Crippen LogP) is 1.60. The molecule has 96 valence electrons. The van der Waals surface area contributed by atoms with E-state index in [9.17, 15) is 5.11 Å². The molecule has 2 unspecified atom stereocenters. The molecule has 1 aliphatic rings. The molecule has 0 aromatic heterocycles. The maximum absolute atomic E-state index is 10.7. The second-order valence-electron chi connectivity index (χ2n) is 5.11. The third-order valence-electron chi connectivity index (χ3n) is 4.07. The SMILES string of the molecule is CCCC(CN)C1(O)CCCN(CC)CC1. The average Bonchev–Trinajstić information content (AvgIpc) is 2.48. The van der Waals surface area contributed by atoms with E-state index in [2.05, 4.69) is 18.7 Å². The van der Waals surface area contributed by atoms with Crippen molar-refractivity contribution in [2.24, 2.45) is 11.7 Å². The van der Waals surface area contributed by atoms with Gasteiger partial charge in [-0.2, -0.15) is 0 Å². The molecule has 0 aromatic rings. The summed E-state index contributed by atoms with van der Waals surface area (Å²) in [6.07, 6.45) is 5.08. The monoisotopic (exact) mass is 228 g/mol. The molecule has 16 heavy (non-hydrogen) atoms. The van der Waals surface area contributed by atoms with Crippen molar-refractivity contribution in [3.63, 3.8) is 0 Å². The van der Waals surface area contributed by atoms with Gasteiger partial charge in [0, 0.05) is 6.54 Å². The number of aliphatic hydroxyl groups is 1. The van der Waals surface area contributed by atoms with Gasteiger partial charge in [-0.1, -0.05) is 20.3 Å². The van der Waals surface area contributed by atoms with Gasteiger partial charge in [0.1, 0.15) is 0 Å². The molecule has 0 aromatic carbocycles. The topological polar surface area (TPSA) is 49.5 Å². The Morgan fingerprint density at radius 3 is 2.62 bits per heavy atom. The van der Waals surface area contributed by atoms with Crippen LogP contribution in [0.4, 0.5) is 0 Å². The van der Waals surface area contributed by atoms with E-state index in [1.54, 1.807) is 0 Å². The van der Waals surface area contributed by atoms with Crippen LogP contribution in [0.5, 0.6) is 0 Å². The molecule has 1 heterocycles. The lowest BCUT2D eigenvalue weighted by molar-refractivity contribution is -0.0312. The Labute approximate surface area is 100 Å². The quantitative estimate of drug-likeness (QED) is 0.751. The fourth-order valence-electron chi connectivity index (χ4n) is 2.88. The summed E-state index contributed by atoms with van der Waals surface area (Å²) < 4.78 is 0. The molecule has 0 saturated carbocycles. The summed E-state index contributed by atoms with van der Waals surface area (Å²) in [5, 5.41) is 10.7. The van der Waals surface area contributed by atoms with Crippen LogP contribution in [0.2, 0.25) is 0 Å². The molecule has 2 atom stereocenters. The fourth-order valence-corrected chi connectivity index (χ4v) is 2.88. The molecule has 3 N–H and O–H groups in total. The third kappa shape index (κ3) is 3.44. The van der Waals surface area contributed by atoms with Gasteiger partial charge in [0.15, 0.2) is 0 Å². The third-order valence-corrected chi connectivity index (χ3v) is 4.07. The number of hydrogen-bond acceptors (Lipinski definition) is 3. The van der Waals surface area contributed by atoms with Crippen LogP contribution in [-0.4, -0.2) is 41.8 Å². The van der Waals surface area contributed by atoms with E-state index < -0.39 is 5.60 Å². The van der Waals surface area contributed by atoms with Crippen molar-refractivity contribution in [1.82, 2.24) is 4.90 Å². The van der Waals surface area contributed by atoms with E-state index in [0.29, 0.717) is 6.54 Å². The summed E-state index contributed by atoms with van der Waals surface area (Å²) in [4.78, 5) is 2.43. The molecule has 0 amide bonds. The van der Waals surface area contributed by atoms with Gasteiger partial charge >= 0.3 is 0 Å². The minimum absolute atomic E-state index is 0.286. The summed E-state index contributed by atoms with van der Waals surface area (Å²) in [5.74, 6) is 0.286. The van der Waals surface area contributed by atoms with Gasteiger partial charge in [0.05, 0.1) is 5.60 Å². The van der Waals surface area contributed by atoms with Gasteiger partial charge in [-0.3, -0.25) is 0 Å². The number of nitrogens with two attached hydrogens (primary N) is 1. The van der Waals surface area contributed by atoms with E-state index in [-0.39, 0.29) is 5.92 Å². The van der Waals surface area contributed by atoms with Crippen LogP contribution in [0.1, 0.15) is 46.0 Å². The molecule has 0 radical (unpaired) electrons. The van der Waals surface area contributed by atoms with E-state index in [1.165, 1.54) is 0 Å². The Kier molecular flexibility index (Phi) is 5.73. The van der Waals surface area contributed by atoms with Crippen molar-refractivity contribution in [2.45, 2.75) is 51.6 Å². The lowest BCUT2D eigenvalue weighted by Gasteiger charge is -2.35. The Bertz CT molecular complexity index is 198. The summed E-state index contributed by atoms with van der Waals surface area (Å²) in [6.45, 7) is 8.22. The lowest BCUT2D eigenvalue weighted by Crippen LogP contribution is -2.42. The normalized spacial score (nSPS) is 30.0. The van der Waals surface area contributed by atoms with Crippen LogP contribution in [0.25, 0.3) is 0 Å². The summed E-state index contributed by atoms with van der Waals surface area (Å²) in [7, 11) is 0. The highest BCUT2D eigenvalue weighted by Crippen LogP contribution is 2.32. The highest BCUT2D eigenvalue weighted by atomic mass is 16.3. The predicted molar refractivity (Wildman–Crippen MR) is 68.4 cm³/mol. The molecule has 1 fully saturated rings. The first-order valence-corrected chi connectivity index (χ1v) is 6.81. The molecule has 3 nitrogen and oxygen atoms in total. The van der Waals surface area contributed by atoms with Gasteiger partial charge in [0.2, 0.25) is 0 Å². The number of hydrogen-bond donors (Lipinski definition) is 2. The minimum Gasteiger partial charge on any atom is -0.390 e. The van der Waals surface area contributed by atoms with E-state index >= 15 is 0 Å². The maximum atomic E-state index is 10.7. The highest BCUT2D eigenvalue weighted by molar-refractivity contribution is 4.90.